The van der Waals surface area contributed by atoms with Crippen LogP contribution in [0.1, 0.15) is 23.4 Å². The molecule has 1 aliphatic rings. The van der Waals surface area contributed by atoms with Gasteiger partial charge >= 0.3 is 0 Å². The number of Topliss-reactive ketones (excluding diaryl/α,β-unsaturated/α-hetero) is 1. The lowest BCUT2D eigenvalue weighted by Gasteiger charge is -2.21. The molecule has 7 nitrogen and oxygen atoms in total. The average molecular weight is 412 g/mol. The molecule has 31 heavy (non-hydrogen) atoms. The van der Waals surface area contributed by atoms with Crippen LogP contribution in [-0.4, -0.2) is 43.9 Å². The maximum Gasteiger partial charge on any atom is 0.180 e. The number of imidazole rings is 1. The van der Waals surface area contributed by atoms with Crippen molar-refractivity contribution in [2.24, 2.45) is 7.05 Å². The standard InChI is InChI=1S/C24H24N6O/c1-29-13-18(26-15-29)11-19(31)14-30(2)24-20-8-5-9-21(20)27-23(28-24)22-10-16-6-3-4-7-17(16)12-25-22/h3-4,6-7,10,12-13,15H,5,8-9,11,14H2,1-2H3. The molecule has 1 aromatic carbocycles. The third-order valence-electron chi connectivity index (χ3n) is 5.68. The molecule has 0 unspecified atom stereocenters. The predicted octanol–water partition coefficient (Wildman–Crippen LogP) is 3.16. The van der Waals surface area contributed by atoms with E-state index in [-0.39, 0.29) is 12.3 Å². The first kappa shape index (κ1) is 19.4. The van der Waals surface area contributed by atoms with Crippen LogP contribution in [0.4, 0.5) is 5.82 Å². The minimum Gasteiger partial charge on any atom is -0.352 e. The zero-order valence-corrected chi connectivity index (χ0v) is 17.7. The van der Waals surface area contributed by atoms with Crippen LogP contribution in [0, 0.1) is 0 Å². The fourth-order valence-electron chi connectivity index (χ4n) is 4.20. The van der Waals surface area contributed by atoms with E-state index in [9.17, 15) is 4.79 Å². The third kappa shape index (κ3) is 3.91. The van der Waals surface area contributed by atoms with Gasteiger partial charge in [-0.15, -0.1) is 0 Å². The molecular formula is C24H24N6O. The highest BCUT2D eigenvalue weighted by Gasteiger charge is 2.23. The van der Waals surface area contributed by atoms with Gasteiger partial charge in [0.2, 0.25) is 0 Å². The lowest BCUT2D eigenvalue weighted by atomic mass is 10.1. The van der Waals surface area contributed by atoms with Crippen LogP contribution in [0.3, 0.4) is 0 Å². The number of nitrogens with zero attached hydrogens (tertiary/aromatic N) is 6. The van der Waals surface area contributed by atoms with E-state index >= 15 is 0 Å². The van der Waals surface area contributed by atoms with Crippen molar-refractivity contribution >= 4 is 22.4 Å². The first-order chi connectivity index (χ1) is 15.1. The monoisotopic (exact) mass is 412 g/mol. The zero-order valence-electron chi connectivity index (χ0n) is 17.7. The van der Waals surface area contributed by atoms with E-state index in [1.165, 1.54) is 0 Å². The summed E-state index contributed by atoms with van der Waals surface area (Å²) >= 11 is 0. The first-order valence-electron chi connectivity index (χ1n) is 10.5. The van der Waals surface area contributed by atoms with Gasteiger partial charge in [-0.1, -0.05) is 24.3 Å². The summed E-state index contributed by atoms with van der Waals surface area (Å²) in [4.78, 5) is 33.2. The molecule has 0 fully saturated rings. The number of benzene rings is 1. The van der Waals surface area contributed by atoms with Crippen molar-refractivity contribution in [3.05, 3.63) is 66.0 Å². The lowest BCUT2D eigenvalue weighted by molar-refractivity contribution is -0.117. The molecule has 5 rings (SSSR count). The molecule has 0 bridgehead atoms. The smallest absolute Gasteiger partial charge is 0.180 e. The van der Waals surface area contributed by atoms with Crippen LogP contribution < -0.4 is 4.90 Å². The average Bonchev–Trinajstić information content (AvgIpc) is 3.41. The van der Waals surface area contributed by atoms with E-state index in [2.05, 4.69) is 16.0 Å². The molecule has 0 saturated heterocycles. The van der Waals surface area contributed by atoms with Gasteiger partial charge in [-0.25, -0.2) is 15.0 Å². The van der Waals surface area contributed by atoms with Gasteiger partial charge in [-0.2, -0.15) is 0 Å². The molecule has 4 aromatic rings. The molecule has 0 saturated carbocycles. The number of pyridine rings is 1. The predicted molar refractivity (Wildman–Crippen MR) is 120 cm³/mol. The Hall–Kier alpha value is -3.61. The molecule has 0 aliphatic heterocycles. The van der Waals surface area contributed by atoms with Crippen LogP contribution in [0.25, 0.3) is 22.3 Å². The highest BCUT2D eigenvalue weighted by atomic mass is 16.1. The second-order valence-electron chi connectivity index (χ2n) is 8.17. The summed E-state index contributed by atoms with van der Waals surface area (Å²) in [6.45, 7) is 0.282. The number of rotatable bonds is 6. The summed E-state index contributed by atoms with van der Waals surface area (Å²) in [7, 11) is 3.83. The zero-order chi connectivity index (χ0) is 21.4. The number of aryl methyl sites for hydroxylation is 2. The van der Waals surface area contributed by atoms with Crippen LogP contribution >= 0.6 is 0 Å². The molecule has 7 heteroatoms. The molecule has 0 atom stereocenters. The molecule has 3 aromatic heterocycles. The molecule has 0 spiro atoms. The number of aromatic nitrogens is 5. The number of fused-ring (bicyclic) bond motifs is 2. The van der Waals surface area contributed by atoms with Crippen molar-refractivity contribution in [1.82, 2.24) is 24.5 Å². The maximum absolute atomic E-state index is 12.7. The van der Waals surface area contributed by atoms with Gasteiger partial charge in [0, 0.05) is 43.1 Å². The highest BCUT2D eigenvalue weighted by molar-refractivity contribution is 5.86. The Morgan fingerprint density at radius 1 is 1.13 bits per heavy atom. The van der Waals surface area contributed by atoms with Crippen LogP contribution in [0.2, 0.25) is 0 Å². The normalized spacial score (nSPS) is 12.8. The van der Waals surface area contributed by atoms with E-state index in [4.69, 9.17) is 9.97 Å². The third-order valence-corrected chi connectivity index (χ3v) is 5.68. The Morgan fingerprint density at radius 3 is 2.77 bits per heavy atom. The van der Waals surface area contributed by atoms with Gasteiger partial charge < -0.3 is 9.47 Å². The second-order valence-corrected chi connectivity index (χ2v) is 8.17. The van der Waals surface area contributed by atoms with E-state index in [1.54, 1.807) is 6.33 Å². The van der Waals surface area contributed by atoms with Crippen molar-refractivity contribution in [1.29, 1.82) is 0 Å². The number of likely N-dealkylation sites (N-methyl/N-ethyl adjacent to an activating group) is 1. The van der Waals surface area contributed by atoms with E-state index in [0.717, 1.165) is 58.5 Å². The summed E-state index contributed by atoms with van der Waals surface area (Å²) in [5.74, 6) is 1.56. The number of anilines is 1. The minimum absolute atomic E-state index is 0.108. The first-order valence-corrected chi connectivity index (χ1v) is 10.5. The quantitative estimate of drug-likeness (QED) is 0.484. The summed E-state index contributed by atoms with van der Waals surface area (Å²) < 4.78 is 1.85. The molecule has 3 heterocycles. The van der Waals surface area contributed by atoms with Crippen LogP contribution in [-0.2, 0) is 31.1 Å². The van der Waals surface area contributed by atoms with Crippen molar-refractivity contribution in [3.8, 4) is 11.5 Å². The number of carbonyl (C=O) groups excluding carboxylic acids is 1. The van der Waals surface area contributed by atoms with E-state index in [1.807, 2.05) is 60.2 Å². The van der Waals surface area contributed by atoms with Gasteiger partial charge in [0.1, 0.15) is 11.5 Å². The van der Waals surface area contributed by atoms with Gasteiger partial charge in [-0.05, 0) is 30.7 Å². The lowest BCUT2D eigenvalue weighted by Crippen LogP contribution is -2.29. The Bertz CT molecular complexity index is 1280. The molecule has 156 valence electrons. The molecule has 0 amide bonds. The molecule has 1 aliphatic carbocycles. The Morgan fingerprint density at radius 2 is 1.97 bits per heavy atom. The fourth-order valence-corrected chi connectivity index (χ4v) is 4.20. The SMILES string of the molecule is CN(CC(=O)Cc1cn(C)cn1)c1nc(-c2cc3ccccc3cn2)nc2c1CCC2. The van der Waals surface area contributed by atoms with Gasteiger partial charge in [0.15, 0.2) is 11.6 Å². The fraction of sp³-hybridized carbons (Fsp3) is 0.292. The maximum atomic E-state index is 12.7. The van der Waals surface area contributed by atoms with Gasteiger partial charge in [-0.3, -0.25) is 9.78 Å². The summed E-state index contributed by atoms with van der Waals surface area (Å²) in [5, 5.41) is 2.20. The van der Waals surface area contributed by atoms with Gasteiger partial charge in [0.25, 0.3) is 0 Å². The Labute approximate surface area is 180 Å². The Kier molecular flexibility index (Phi) is 4.94. The highest BCUT2D eigenvalue weighted by Crippen LogP contribution is 2.31. The van der Waals surface area contributed by atoms with Crippen molar-refractivity contribution < 1.29 is 4.79 Å². The molecule has 0 N–H and O–H groups in total. The molecule has 0 radical (unpaired) electrons. The van der Waals surface area contributed by atoms with Gasteiger partial charge in [0.05, 0.1) is 25.0 Å². The van der Waals surface area contributed by atoms with E-state index in [0.29, 0.717) is 12.2 Å². The minimum atomic E-state index is 0.108. The second kappa shape index (κ2) is 7.91. The Balaban J connectivity index is 1.45. The van der Waals surface area contributed by atoms with Crippen molar-refractivity contribution in [2.45, 2.75) is 25.7 Å². The van der Waals surface area contributed by atoms with Crippen LogP contribution in [0.15, 0.2) is 49.1 Å². The van der Waals surface area contributed by atoms with E-state index < -0.39 is 0 Å². The van der Waals surface area contributed by atoms with Crippen molar-refractivity contribution in [3.63, 3.8) is 0 Å². The van der Waals surface area contributed by atoms with Crippen molar-refractivity contribution in [2.75, 3.05) is 18.5 Å². The number of hydrogen-bond acceptors (Lipinski definition) is 6. The summed E-state index contributed by atoms with van der Waals surface area (Å²) in [5.41, 5.74) is 3.76. The molecular weight excluding hydrogens is 388 g/mol. The number of carbonyl (C=O) groups is 1. The largest absolute Gasteiger partial charge is 0.352 e. The number of ketones is 1. The summed E-state index contributed by atoms with van der Waals surface area (Å²) in [6.07, 6.45) is 8.70. The summed E-state index contributed by atoms with van der Waals surface area (Å²) in [6, 6.07) is 10.2. The van der Waals surface area contributed by atoms with Crippen LogP contribution in [0.5, 0.6) is 0 Å². The topological polar surface area (TPSA) is 76.8 Å². The number of hydrogen-bond donors (Lipinski definition) is 0.